The number of aliphatic hydroxyl groups excluding tert-OH is 1. The van der Waals surface area contributed by atoms with Gasteiger partial charge < -0.3 is 20.0 Å². The molecule has 4 unspecified atom stereocenters. The summed E-state index contributed by atoms with van der Waals surface area (Å²) >= 11 is 12.0. The number of aliphatic hydroxyl groups is 2. The summed E-state index contributed by atoms with van der Waals surface area (Å²) in [6.07, 6.45) is 8.31. The summed E-state index contributed by atoms with van der Waals surface area (Å²) in [5.41, 5.74) is 1.18. The van der Waals surface area contributed by atoms with Crippen molar-refractivity contribution in [2.75, 3.05) is 67.5 Å². The summed E-state index contributed by atoms with van der Waals surface area (Å²) in [4.78, 5) is 9.62. The van der Waals surface area contributed by atoms with Gasteiger partial charge in [-0.1, -0.05) is 56.7 Å². The molecule has 6 saturated heterocycles. The first-order valence-corrected chi connectivity index (χ1v) is 31.6. The topological polar surface area (TPSA) is 128 Å². The van der Waals surface area contributed by atoms with Gasteiger partial charge in [-0.05, 0) is 137 Å². The molecule has 0 radical (unpaired) electrons. The van der Waals surface area contributed by atoms with Crippen molar-refractivity contribution in [1.82, 2.24) is 18.4 Å². The molecule has 2 aromatic carbocycles. The zero-order valence-corrected chi connectivity index (χ0v) is 47.3. The van der Waals surface area contributed by atoms with E-state index >= 15 is 0 Å². The number of hydrogen-bond acceptors (Lipinski definition) is 12. The van der Waals surface area contributed by atoms with Crippen molar-refractivity contribution in [3.63, 3.8) is 0 Å². The van der Waals surface area contributed by atoms with Crippen molar-refractivity contribution in [2.45, 2.75) is 168 Å². The van der Waals surface area contributed by atoms with Gasteiger partial charge in [-0.15, -0.1) is 45.9 Å². The fraction of sp³-hybridized carbons (Fsp3) is 0.630. The number of hydrogen-bond donors (Lipinski definition) is 2. The SMILES string of the molecule is C.CC(C)(F)c1ccc(N2CCN(S(=O)(=O)c3cccs3)C[C@@H]2CN2C3CCCC2CC(F)C3)cc1.CC(C)(O)c1ccc(N2CCN(S(=O)(=O)c3cccs3)C[C@@H]2CN2C3CCCC2CC(O)C3)cc1.ClCCl. The molecule has 0 aliphatic carbocycles. The molecule has 4 aromatic rings. The lowest BCUT2D eigenvalue weighted by atomic mass is 9.82. The third-order valence-electron chi connectivity index (χ3n) is 15.9. The molecule has 8 heterocycles. The molecule has 4 bridgehead atoms. The van der Waals surface area contributed by atoms with Gasteiger partial charge in [0.25, 0.3) is 20.0 Å². The number of piperidine rings is 4. The van der Waals surface area contributed by atoms with E-state index in [0.29, 0.717) is 84.7 Å². The molecule has 20 heteroatoms. The van der Waals surface area contributed by atoms with Crippen molar-refractivity contribution in [1.29, 1.82) is 0 Å². The average molecular weight is 1140 g/mol. The predicted molar refractivity (Wildman–Crippen MR) is 300 cm³/mol. The van der Waals surface area contributed by atoms with E-state index in [1.807, 2.05) is 53.9 Å². The Labute approximate surface area is 458 Å². The van der Waals surface area contributed by atoms with Crippen LogP contribution < -0.4 is 9.80 Å². The first-order valence-electron chi connectivity index (χ1n) is 25.9. The number of halogens is 4. The van der Waals surface area contributed by atoms with Crippen LogP contribution in [0.3, 0.4) is 0 Å². The van der Waals surface area contributed by atoms with Crippen LogP contribution in [-0.4, -0.2) is 152 Å². The van der Waals surface area contributed by atoms with Gasteiger partial charge in [-0.2, -0.15) is 8.61 Å². The third kappa shape index (κ3) is 13.9. The van der Waals surface area contributed by atoms with Gasteiger partial charge in [0.2, 0.25) is 0 Å². The molecule has 0 spiro atoms. The molecular weight excluding hydrogens is 1070 g/mol. The number of rotatable bonds is 12. The highest BCUT2D eigenvalue weighted by molar-refractivity contribution is 7.91. The van der Waals surface area contributed by atoms with Crippen LogP contribution in [0.2, 0.25) is 0 Å². The fourth-order valence-electron chi connectivity index (χ4n) is 12.2. The minimum Gasteiger partial charge on any atom is -0.393 e. The van der Waals surface area contributed by atoms with Crippen molar-refractivity contribution < 1.29 is 35.8 Å². The molecule has 12 nitrogen and oxygen atoms in total. The van der Waals surface area contributed by atoms with Crippen LogP contribution in [0.15, 0.2) is 92.0 Å². The van der Waals surface area contributed by atoms with Gasteiger partial charge in [-0.3, -0.25) is 9.80 Å². The second-order valence-corrected chi connectivity index (χ2v) is 28.6. The van der Waals surface area contributed by atoms with Gasteiger partial charge in [0.1, 0.15) is 20.3 Å². The first kappa shape index (κ1) is 59.2. The minimum absolute atomic E-state index is 0. The Morgan fingerprint density at radius 3 is 1.35 bits per heavy atom. The van der Waals surface area contributed by atoms with Crippen molar-refractivity contribution in [2.24, 2.45) is 0 Å². The van der Waals surface area contributed by atoms with Gasteiger partial charge in [0.15, 0.2) is 0 Å². The van der Waals surface area contributed by atoms with Crippen molar-refractivity contribution >= 4 is 77.3 Å². The highest BCUT2D eigenvalue weighted by Gasteiger charge is 2.44. The van der Waals surface area contributed by atoms with Crippen LogP contribution in [0.5, 0.6) is 0 Å². The number of fused-ring (bicyclic) bond motifs is 4. The number of thiophene rings is 2. The summed E-state index contributed by atoms with van der Waals surface area (Å²) in [6.45, 7) is 11.0. The first-order chi connectivity index (χ1) is 34.7. The molecule has 0 saturated carbocycles. The molecule has 10 rings (SSSR count). The van der Waals surface area contributed by atoms with E-state index in [2.05, 4.69) is 19.6 Å². The van der Waals surface area contributed by atoms with E-state index in [4.69, 9.17) is 23.2 Å². The van der Waals surface area contributed by atoms with Crippen LogP contribution >= 0.6 is 45.9 Å². The minimum atomic E-state index is -3.55. The van der Waals surface area contributed by atoms with Crippen LogP contribution in [0.25, 0.3) is 0 Å². The molecule has 6 atom stereocenters. The molecule has 412 valence electrons. The largest absolute Gasteiger partial charge is 0.393 e. The van der Waals surface area contributed by atoms with E-state index in [1.165, 1.54) is 29.1 Å². The standard InChI is InChI=1S/C26H35F2N3O2S2.C26H37N3O4S2.CH2Cl2.CH4/c1-26(2,28)19-8-10-21(11-9-19)30-13-12-29(35(32,33)25-7-4-14-34-25)17-24(30)18-31-22-5-3-6-23(31)16-20(27)15-22;1-26(2,31)19-8-10-20(11-9-19)28-13-12-27(35(32,33)25-7-4-14-34-25)17-23(28)18-29-21-5-3-6-22(29)16-24(30)15-21;2-1-3;/h4,7-11,14,20,22-24H,3,5-6,12-13,15-18H2,1-2H3;4,7-11,14,21-24,30-31H,3,5-6,12-13,15-18H2,1-2H3;1H2;1H4/t20?,22?,23?,24-;21?,22?,23-,24?;;/m11../s1. The average Bonchev–Trinajstić information content (AvgIpc) is 4.10. The Hall–Kier alpha value is -2.46. The summed E-state index contributed by atoms with van der Waals surface area (Å²) in [7, 11) is -7.07. The van der Waals surface area contributed by atoms with E-state index in [-0.39, 0.29) is 43.0 Å². The van der Waals surface area contributed by atoms with Crippen LogP contribution in [-0.2, 0) is 31.3 Å². The number of nitrogens with zero attached hydrogens (tertiary/aromatic N) is 6. The van der Waals surface area contributed by atoms with Crippen LogP contribution in [0, 0.1) is 0 Å². The Balaban J connectivity index is 0.000000203. The number of sulfonamides is 2. The smallest absolute Gasteiger partial charge is 0.252 e. The fourth-order valence-corrected chi connectivity index (χ4v) is 17.4. The Morgan fingerprint density at radius 1 is 0.622 bits per heavy atom. The molecule has 6 aliphatic rings. The number of piperazine rings is 2. The zero-order chi connectivity index (χ0) is 52.3. The maximum atomic E-state index is 14.4. The Morgan fingerprint density at radius 2 is 1.00 bits per heavy atom. The van der Waals surface area contributed by atoms with Gasteiger partial charge in [-0.25, -0.2) is 25.6 Å². The van der Waals surface area contributed by atoms with E-state index in [9.17, 15) is 35.8 Å². The number of anilines is 2. The van der Waals surface area contributed by atoms with Gasteiger partial charge in [0.05, 0.1) is 29.1 Å². The normalized spacial score (nSPS) is 27.5. The maximum Gasteiger partial charge on any atom is 0.252 e. The number of benzene rings is 2. The van der Waals surface area contributed by atoms with Gasteiger partial charge in [0, 0.05) is 87.9 Å². The lowest BCUT2D eigenvalue weighted by molar-refractivity contribution is -0.0306. The molecule has 0 amide bonds. The highest BCUT2D eigenvalue weighted by atomic mass is 35.5. The van der Waals surface area contributed by atoms with Crippen molar-refractivity contribution in [3.8, 4) is 0 Å². The van der Waals surface area contributed by atoms with E-state index in [0.717, 1.165) is 68.4 Å². The lowest BCUT2D eigenvalue weighted by Crippen LogP contribution is -2.62. The Kier molecular flexibility index (Phi) is 20.1. The molecule has 6 fully saturated rings. The predicted octanol–water partition coefficient (Wildman–Crippen LogP) is 10.5. The molecule has 2 aromatic heterocycles. The summed E-state index contributed by atoms with van der Waals surface area (Å²) in [5.74, 6) is 0. The molecule has 6 aliphatic heterocycles. The Bertz CT molecular complexity index is 2390. The highest BCUT2D eigenvalue weighted by Crippen LogP contribution is 2.39. The molecular formula is C54H78Cl2F2N6O6S4. The molecule has 74 heavy (non-hydrogen) atoms. The molecule has 2 N–H and O–H groups in total. The second-order valence-electron chi connectivity index (χ2n) is 21.6. The zero-order valence-electron chi connectivity index (χ0n) is 42.5. The van der Waals surface area contributed by atoms with Gasteiger partial charge >= 0.3 is 0 Å². The maximum absolute atomic E-state index is 14.4. The van der Waals surface area contributed by atoms with Crippen LogP contribution in [0.4, 0.5) is 20.2 Å². The second kappa shape index (κ2) is 25.1. The lowest BCUT2D eigenvalue weighted by Gasteiger charge is -2.51. The van der Waals surface area contributed by atoms with E-state index in [1.54, 1.807) is 66.0 Å². The number of alkyl halides is 4. The van der Waals surface area contributed by atoms with E-state index < -0.39 is 37.5 Å². The monoisotopic (exact) mass is 1140 g/mol. The summed E-state index contributed by atoms with van der Waals surface area (Å²) < 4.78 is 86.2. The third-order valence-corrected chi connectivity index (χ3v) is 22.3. The quantitative estimate of drug-likeness (QED) is 0.132. The van der Waals surface area contributed by atoms with Crippen molar-refractivity contribution in [3.05, 3.63) is 94.7 Å². The van der Waals surface area contributed by atoms with Crippen LogP contribution in [0.1, 0.15) is 110 Å². The summed E-state index contributed by atoms with van der Waals surface area (Å²) in [5, 5.41) is 24.5. The summed E-state index contributed by atoms with van der Waals surface area (Å²) in [6, 6.07) is 23.6.